The van der Waals surface area contributed by atoms with Crippen molar-refractivity contribution in [3.63, 3.8) is 0 Å². The lowest BCUT2D eigenvalue weighted by Gasteiger charge is -2.35. The van der Waals surface area contributed by atoms with Crippen LogP contribution in [0.15, 0.2) is 42.5 Å². The molecule has 4 rings (SSSR count). The van der Waals surface area contributed by atoms with Gasteiger partial charge in [0.15, 0.2) is 0 Å². The standard InChI is InChI=1S/C20H19ClFN5O4S2/c1-27-16(20(29)24-11-6-7-13(22)12(21)8-11)9-15(26-33(27,30)31)19(28)23-10-18-25-14-4-2-3-5-17(14)32-18/h2-8,15-16,26H,9-10H2,1H3,(H,23,28)(H,24,29). The van der Waals surface area contributed by atoms with E-state index in [2.05, 4.69) is 20.3 Å². The Morgan fingerprint density at radius 2 is 2.03 bits per heavy atom. The monoisotopic (exact) mass is 511 g/mol. The van der Waals surface area contributed by atoms with E-state index in [0.717, 1.165) is 20.6 Å². The van der Waals surface area contributed by atoms with Gasteiger partial charge in [0.1, 0.15) is 22.9 Å². The van der Waals surface area contributed by atoms with E-state index < -0.39 is 39.9 Å². The first-order valence-corrected chi connectivity index (χ1v) is 12.4. The van der Waals surface area contributed by atoms with E-state index >= 15 is 0 Å². The number of benzene rings is 2. The number of nitrogens with zero attached hydrogens (tertiary/aromatic N) is 2. The summed E-state index contributed by atoms with van der Waals surface area (Å²) in [4.78, 5) is 29.9. The third-order valence-corrected chi connectivity index (χ3v) is 8.05. The average Bonchev–Trinajstić information content (AvgIpc) is 3.19. The van der Waals surface area contributed by atoms with E-state index in [0.29, 0.717) is 5.01 Å². The molecule has 1 saturated heterocycles. The summed E-state index contributed by atoms with van der Waals surface area (Å²) in [6.45, 7) is 0.122. The summed E-state index contributed by atoms with van der Waals surface area (Å²) in [5.41, 5.74) is 1.01. The number of carbonyl (C=O) groups is 2. The topological polar surface area (TPSA) is 120 Å². The lowest BCUT2D eigenvalue weighted by atomic mass is 10.1. The van der Waals surface area contributed by atoms with E-state index in [-0.39, 0.29) is 23.7 Å². The summed E-state index contributed by atoms with van der Waals surface area (Å²) < 4.78 is 42.5. The number of nitrogens with one attached hydrogen (secondary N) is 3. The lowest BCUT2D eigenvalue weighted by molar-refractivity contribution is -0.124. The van der Waals surface area contributed by atoms with Gasteiger partial charge < -0.3 is 10.6 Å². The molecule has 2 atom stereocenters. The zero-order chi connectivity index (χ0) is 23.8. The number of hydrogen-bond acceptors (Lipinski definition) is 6. The van der Waals surface area contributed by atoms with Gasteiger partial charge in [-0.2, -0.15) is 17.4 Å². The maximum absolute atomic E-state index is 13.4. The van der Waals surface area contributed by atoms with Crippen molar-refractivity contribution >= 4 is 60.9 Å². The highest BCUT2D eigenvalue weighted by molar-refractivity contribution is 7.87. The van der Waals surface area contributed by atoms with Crippen molar-refractivity contribution in [1.82, 2.24) is 19.3 Å². The molecule has 2 aromatic carbocycles. The van der Waals surface area contributed by atoms with Crippen molar-refractivity contribution in [2.75, 3.05) is 12.4 Å². The van der Waals surface area contributed by atoms with Gasteiger partial charge in [0.2, 0.25) is 11.8 Å². The van der Waals surface area contributed by atoms with E-state index in [4.69, 9.17) is 11.6 Å². The Hall–Kier alpha value is -2.64. The van der Waals surface area contributed by atoms with Crippen molar-refractivity contribution in [3.05, 3.63) is 58.3 Å². The maximum Gasteiger partial charge on any atom is 0.280 e. The van der Waals surface area contributed by atoms with Gasteiger partial charge in [0.25, 0.3) is 10.2 Å². The van der Waals surface area contributed by atoms with Crippen LogP contribution in [0.1, 0.15) is 11.4 Å². The smallest absolute Gasteiger partial charge is 0.280 e. The van der Waals surface area contributed by atoms with Crippen LogP contribution in [0, 0.1) is 5.82 Å². The van der Waals surface area contributed by atoms with Gasteiger partial charge in [-0.3, -0.25) is 9.59 Å². The van der Waals surface area contributed by atoms with E-state index in [9.17, 15) is 22.4 Å². The molecule has 13 heteroatoms. The highest BCUT2D eigenvalue weighted by Gasteiger charge is 2.42. The second-order valence-corrected chi connectivity index (χ2v) is 10.6. The molecular weight excluding hydrogens is 493 g/mol. The Bertz CT molecular complexity index is 1300. The fraction of sp³-hybridized carbons (Fsp3) is 0.250. The zero-order valence-corrected chi connectivity index (χ0v) is 19.6. The normalized spacial score (nSPS) is 20.5. The summed E-state index contributed by atoms with van der Waals surface area (Å²) >= 11 is 7.15. The quantitative estimate of drug-likeness (QED) is 0.485. The number of anilines is 1. The number of fused-ring (bicyclic) bond motifs is 1. The Kier molecular flexibility index (Phi) is 6.64. The molecule has 2 heterocycles. The van der Waals surface area contributed by atoms with Crippen molar-refractivity contribution in [3.8, 4) is 0 Å². The molecule has 1 aliphatic heterocycles. The summed E-state index contributed by atoms with van der Waals surface area (Å²) in [7, 11) is -2.86. The summed E-state index contributed by atoms with van der Waals surface area (Å²) in [5.74, 6) is -1.90. The van der Waals surface area contributed by atoms with Crippen molar-refractivity contribution in [2.24, 2.45) is 0 Å². The predicted octanol–water partition coefficient (Wildman–Crippen LogP) is 2.25. The zero-order valence-electron chi connectivity index (χ0n) is 17.2. The fourth-order valence-corrected chi connectivity index (χ4v) is 5.70. The first-order valence-electron chi connectivity index (χ1n) is 9.77. The maximum atomic E-state index is 13.4. The van der Waals surface area contributed by atoms with Crippen LogP contribution < -0.4 is 15.4 Å². The molecular formula is C20H19ClFN5O4S2. The molecule has 2 amide bonds. The third-order valence-electron chi connectivity index (χ3n) is 5.13. The van der Waals surface area contributed by atoms with Crippen LogP contribution in [0.4, 0.5) is 10.1 Å². The first-order chi connectivity index (χ1) is 15.6. The second kappa shape index (κ2) is 9.31. The second-order valence-electron chi connectivity index (χ2n) is 7.35. The molecule has 174 valence electrons. The molecule has 3 aromatic rings. The lowest BCUT2D eigenvalue weighted by Crippen LogP contribution is -2.62. The molecule has 0 bridgehead atoms. The number of hydrogen-bond donors (Lipinski definition) is 3. The van der Waals surface area contributed by atoms with Gasteiger partial charge in [0, 0.05) is 12.7 Å². The number of rotatable bonds is 5. The van der Waals surface area contributed by atoms with Crippen LogP contribution in [0.5, 0.6) is 0 Å². The minimum Gasteiger partial charge on any atom is -0.348 e. The molecule has 0 radical (unpaired) electrons. The number of halogens is 2. The van der Waals surface area contributed by atoms with Gasteiger partial charge in [-0.05, 0) is 36.8 Å². The number of carbonyl (C=O) groups excluding carboxylic acids is 2. The van der Waals surface area contributed by atoms with Crippen LogP contribution >= 0.6 is 22.9 Å². The van der Waals surface area contributed by atoms with Gasteiger partial charge in [0.05, 0.1) is 21.8 Å². The molecule has 9 nitrogen and oxygen atoms in total. The molecule has 0 spiro atoms. The molecule has 33 heavy (non-hydrogen) atoms. The number of amides is 2. The summed E-state index contributed by atoms with van der Waals surface area (Å²) in [6, 6.07) is 8.80. The Morgan fingerprint density at radius 1 is 1.27 bits per heavy atom. The molecule has 1 aliphatic rings. The Morgan fingerprint density at radius 3 is 2.76 bits per heavy atom. The molecule has 0 saturated carbocycles. The van der Waals surface area contributed by atoms with Crippen molar-refractivity contribution in [2.45, 2.75) is 25.0 Å². The van der Waals surface area contributed by atoms with Crippen LogP contribution in [-0.4, -0.2) is 48.7 Å². The van der Waals surface area contributed by atoms with Gasteiger partial charge in [-0.1, -0.05) is 23.7 Å². The number of para-hydroxylation sites is 1. The van der Waals surface area contributed by atoms with Gasteiger partial charge >= 0.3 is 0 Å². The van der Waals surface area contributed by atoms with E-state index in [1.807, 2.05) is 24.3 Å². The fourth-order valence-electron chi connectivity index (χ4n) is 3.36. The number of aromatic nitrogens is 1. The highest BCUT2D eigenvalue weighted by Crippen LogP contribution is 2.23. The van der Waals surface area contributed by atoms with Crippen LogP contribution in [-0.2, 0) is 26.3 Å². The Balaban J connectivity index is 1.45. The summed E-state index contributed by atoms with van der Waals surface area (Å²) in [5, 5.41) is 5.67. The van der Waals surface area contributed by atoms with Crippen molar-refractivity contribution in [1.29, 1.82) is 0 Å². The molecule has 2 unspecified atom stereocenters. The van der Waals surface area contributed by atoms with Crippen molar-refractivity contribution < 1.29 is 22.4 Å². The number of thiazole rings is 1. The average molecular weight is 512 g/mol. The number of likely N-dealkylation sites (N-methyl/N-ethyl adjacent to an activating group) is 1. The van der Waals surface area contributed by atoms with E-state index in [1.54, 1.807) is 0 Å². The van der Waals surface area contributed by atoms with Crippen LogP contribution in [0.3, 0.4) is 0 Å². The SMILES string of the molecule is CN1C(C(=O)Nc2ccc(F)c(Cl)c2)CC(C(=O)NCc2nc3ccccc3s2)NS1(=O)=O. The predicted molar refractivity (Wildman–Crippen MR) is 124 cm³/mol. The van der Waals surface area contributed by atoms with Gasteiger partial charge in [-0.15, -0.1) is 11.3 Å². The summed E-state index contributed by atoms with van der Waals surface area (Å²) in [6.07, 6.45) is -0.109. The van der Waals surface area contributed by atoms with Gasteiger partial charge in [-0.25, -0.2) is 9.37 Å². The highest BCUT2D eigenvalue weighted by atomic mass is 35.5. The largest absolute Gasteiger partial charge is 0.348 e. The first kappa shape index (κ1) is 23.5. The molecule has 1 fully saturated rings. The van der Waals surface area contributed by atoms with Crippen LogP contribution in [0.25, 0.3) is 10.2 Å². The van der Waals surface area contributed by atoms with Crippen LogP contribution in [0.2, 0.25) is 5.02 Å². The van der Waals surface area contributed by atoms with E-state index in [1.165, 1.54) is 30.5 Å². The minimum absolute atomic E-state index is 0.109. The molecule has 1 aromatic heterocycles. The molecule has 3 N–H and O–H groups in total. The molecule has 0 aliphatic carbocycles. The Labute approximate surface area is 198 Å². The third kappa shape index (κ3) is 5.14. The minimum atomic E-state index is -4.10.